The van der Waals surface area contributed by atoms with E-state index in [0.717, 1.165) is 69.4 Å². The van der Waals surface area contributed by atoms with E-state index in [2.05, 4.69) is 326 Å². The maximum atomic E-state index is 5.09. The van der Waals surface area contributed by atoms with Crippen molar-refractivity contribution in [1.29, 1.82) is 0 Å². The SMILES string of the molecule is CC(C)(C)c1cc2ccc3ccc(C4(c5ccc(-n6c(-c7ccccc7)nc7ccccc76)cc5)CCCCC4)c4ccc(c1)c2c34.CC(C)(C)c1ccc(-c2nnc(-c3ccccc3)n2-c2ccc(C3(c4ccc5ccc6cc(C(C)(C)C)cc7ccc4c5c67)CCCCC3)cc2)cc1. The second-order valence-electron chi connectivity index (χ2n) is 32.3. The van der Waals surface area contributed by atoms with Gasteiger partial charge in [-0.15, -0.1) is 10.2 Å². The first-order valence-electron chi connectivity index (χ1n) is 36.7. The molecule has 2 aliphatic rings. The summed E-state index contributed by atoms with van der Waals surface area (Å²) in [6.07, 6.45) is 12.2. The fourth-order valence-electron chi connectivity index (χ4n) is 17.6. The molecule has 16 aromatic rings. The predicted molar refractivity (Wildman–Crippen MR) is 423 cm³/mol. The molecule has 0 amide bonds. The van der Waals surface area contributed by atoms with Crippen LogP contribution in [0.2, 0.25) is 0 Å². The first-order valence-corrected chi connectivity index (χ1v) is 36.7. The van der Waals surface area contributed by atoms with Crippen LogP contribution in [0, 0.1) is 0 Å². The quantitative estimate of drug-likeness (QED) is 0.135. The van der Waals surface area contributed by atoms with Crippen LogP contribution in [0.25, 0.3) is 121 Å². The molecule has 2 saturated carbocycles. The number of hydrogen-bond acceptors (Lipinski definition) is 3. The number of para-hydroxylation sites is 2. The van der Waals surface area contributed by atoms with E-state index in [-0.39, 0.29) is 27.1 Å². The molecule has 100 heavy (non-hydrogen) atoms. The van der Waals surface area contributed by atoms with Gasteiger partial charge in [-0.25, -0.2) is 4.98 Å². The van der Waals surface area contributed by atoms with Crippen molar-refractivity contribution in [2.24, 2.45) is 0 Å². The van der Waals surface area contributed by atoms with E-state index < -0.39 is 0 Å². The van der Waals surface area contributed by atoms with E-state index in [1.165, 1.54) is 155 Å². The summed E-state index contributed by atoms with van der Waals surface area (Å²) in [5.41, 5.74) is 17.7. The van der Waals surface area contributed by atoms with Crippen LogP contribution in [0.3, 0.4) is 0 Å². The first-order chi connectivity index (χ1) is 48.4. The van der Waals surface area contributed by atoms with Gasteiger partial charge in [0, 0.05) is 38.9 Å². The molecule has 2 aromatic heterocycles. The second kappa shape index (κ2) is 24.3. The third-order valence-electron chi connectivity index (χ3n) is 23.0. The summed E-state index contributed by atoms with van der Waals surface area (Å²) in [5, 5.41) is 26.1. The van der Waals surface area contributed by atoms with Gasteiger partial charge in [-0.1, -0.05) is 319 Å². The first kappa shape index (κ1) is 63.2. The van der Waals surface area contributed by atoms with Crippen molar-refractivity contribution in [1.82, 2.24) is 24.3 Å². The van der Waals surface area contributed by atoms with Crippen molar-refractivity contribution in [3.63, 3.8) is 0 Å². The van der Waals surface area contributed by atoms with Crippen LogP contribution in [-0.2, 0) is 27.1 Å². The molecule has 18 rings (SSSR count). The Morgan fingerprint density at radius 1 is 0.300 bits per heavy atom. The highest BCUT2D eigenvalue weighted by Gasteiger charge is 2.40. The van der Waals surface area contributed by atoms with Crippen LogP contribution in [0.15, 0.2) is 255 Å². The minimum Gasteiger partial charge on any atom is -0.292 e. The van der Waals surface area contributed by atoms with Crippen molar-refractivity contribution < 1.29 is 0 Å². The summed E-state index contributed by atoms with van der Waals surface area (Å²) < 4.78 is 4.56. The summed E-state index contributed by atoms with van der Waals surface area (Å²) in [6, 6.07) is 95.5. The highest BCUT2D eigenvalue weighted by atomic mass is 15.3. The molecule has 5 heteroatoms. The molecule has 2 aliphatic carbocycles. The number of hydrogen-bond donors (Lipinski definition) is 0. The summed E-state index contributed by atoms with van der Waals surface area (Å²) in [5.74, 6) is 2.68. The van der Waals surface area contributed by atoms with Gasteiger partial charge in [-0.2, -0.15) is 0 Å². The van der Waals surface area contributed by atoms with Crippen molar-refractivity contribution in [3.8, 4) is 45.5 Å². The highest BCUT2D eigenvalue weighted by molar-refractivity contribution is 6.25. The Bertz CT molecular complexity index is 5640. The molecule has 5 nitrogen and oxygen atoms in total. The van der Waals surface area contributed by atoms with Crippen LogP contribution in [0.5, 0.6) is 0 Å². The molecule has 0 radical (unpaired) electrons. The molecule has 0 unspecified atom stereocenters. The van der Waals surface area contributed by atoms with Gasteiger partial charge in [0.25, 0.3) is 0 Å². The van der Waals surface area contributed by atoms with Gasteiger partial charge in [0.15, 0.2) is 11.6 Å². The van der Waals surface area contributed by atoms with Gasteiger partial charge in [-0.05, 0) is 182 Å². The minimum atomic E-state index is -0.0588. The number of aromatic nitrogens is 5. The maximum Gasteiger partial charge on any atom is 0.168 e. The number of nitrogens with zero attached hydrogens (tertiary/aromatic N) is 5. The van der Waals surface area contributed by atoms with Gasteiger partial charge < -0.3 is 0 Å². The summed E-state index contributed by atoms with van der Waals surface area (Å²) >= 11 is 0. The number of rotatable bonds is 9. The Labute approximate surface area is 589 Å². The molecule has 0 spiro atoms. The van der Waals surface area contributed by atoms with E-state index in [1.807, 2.05) is 0 Å². The lowest BCUT2D eigenvalue weighted by atomic mass is 9.64. The molecule has 2 fully saturated rings. The topological polar surface area (TPSA) is 48.5 Å². The fourth-order valence-corrected chi connectivity index (χ4v) is 17.6. The molecule has 494 valence electrons. The predicted octanol–water partition coefficient (Wildman–Crippen LogP) is 25.5. The Morgan fingerprint density at radius 3 is 1.11 bits per heavy atom. The number of fused-ring (bicyclic) bond motifs is 1. The average Bonchev–Trinajstić information content (AvgIpc) is 0.958. The zero-order chi connectivity index (χ0) is 68.3. The van der Waals surface area contributed by atoms with Gasteiger partial charge in [0.05, 0.1) is 11.0 Å². The zero-order valence-corrected chi connectivity index (χ0v) is 59.6. The summed E-state index contributed by atoms with van der Waals surface area (Å²) in [4.78, 5) is 5.09. The van der Waals surface area contributed by atoms with Gasteiger partial charge >= 0.3 is 0 Å². The van der Waals surface area contributed by atoms with Gasteiger partial charge in [-0.3, -0.25) is 9.13 Å². The Kier molecular flexibility index (Phi) is 15.4. The fraction of sp³-hybridized carbons (Fsp3) is 0.253. The van der Waals surface area contributed by atoms with Crippen molar-refractivity contribution in [2.75, 3.05) is 0 Å². The van der Waals surface area contributed by atoms with Crippen LogP contribution in [-0.4, -0.2) is 24.3 Å². The molecule has 0 N–H and O–H groups in total. The summed E-state index contributed by atoms with van der Waals surface area (Å²) in [7, 11) is 0. The number of benzene rings is 14. The Hall–Kier alpha value is -10.2. The van der Waals surface area contributed by atoms with E-state index in [1.54, 1.807) is 0 Å². The second-order valence-corrected chi connectivity index (χ2v) is 32.3. The Balaban J connectivity index is 0.000000151. The number of imidazole rings is 1. The molecule has 0 bridgehead atoms. The van der Waals surface area contributed by atoms with Crippen molar-refractivity contribution in [2.45, 2.75) is 154 Å². The van der Waals surface area contributed by atoms with Crippen LogP contribution in [0.4, 0.5) is 0 Å². The van der Waals surface area contributed by atoms with Gasteiger partial charge in [0.2, 0.25) is 0 Å². The average molecular weight is 1300 g/mol. The van der Waals surface area contributed by atoms with Gasteiger partial charge in [0.1, 0.15) is 5.82 Å². The van der Waals surface area contributed by atoms with E-state index >= 15 is 0 Å². The maximum absolute atomic E-state index is 5.09. The molecule has 14 aromatic carbocycles. The minimum absolute atomic E-state index is 0.0189. The van der Waals surface area contributed by atoms with Crippen molar-refractivity contribution >= 4 is 75.7 Å². The lowest BCUT2D eigenvalue weighted by molar-refractivity contribution is 0.348. The standard InChI is InChI=1S/C50H49N3.C45H40N2/c1-48(2,3)38-21-17-35(18-22-38)47-52-51-46(34-13-9-7-10-14-34)53(47)41-25-23-39(24-26-41)50(29-11-8-12-30-50)43-28-20-33-15-16-36-31-40(49(4,5)6)32-37-19-27-42(43)45(33)44(36)37;1-44(2,3)35-28-32-17-16-30-19-25-38(37-24-18-33(29-35)41(32)42(30)37)45(26-10-5-11-27-45)34-20-22-36(23-21-34)47-40-15-9-8-14-39(40)46-43(47)31-12-6-4-7-13-31/h7,9-10,13-28,31-32H,8,11-12,29-30H2,1-6H3;4,6-9,12-25,28-29H,5,10-11,26-27H2,1-3H3. The van der Waals surface area contributed by atoms with E-state index in [0.29, 0.717) is 0 Å². The smallest absolute Gasteiger partial charge is 0.168 e. The van der Waals surface area contributed by atoms with Crippen molar-refractivity contribution in [3.05, 3.63) is 294 Å². The largest absolute Gasteiger partial charge is 0.292 e. The normalized spacial score (nSPS) is 15.2. The third kappa shape index (κ3) is 10.8. The van der Waals surface area contributed by atoms with Crippen LogP contribution >= 0.6 is 0 Å². The third-order valence-corrected chi connectivity index (χ3v) is 23.0. The van der Waals surface area contributed by atoms with Crippen LogP contribution < -0.4 is 0 Å². The molecule has 2 heterocycles. The Morgan fingerprint density at radius 2 is 0.670 bits per heavy atom. The van der Waals surface area contributed by atoms with E-state index in [4.69, 9.17) is 15.2 Å². The summed E-state index contributed by atoms with van der Waals surface area (Å²) in [6.45, 7) is 20.6. The molecular weight excluding hydrogens is 1210 g/mol. The molecular formula is C95H89N5. The lowest BCUT2D eigenvalue weighted by Gasteiger charge is -2.40. The monoisotopic (exact) mass is 1300 g/mol. The molecule has 0 atom stereocenters. The lowest BCUT2D eigenvalue weighted by Crippen LogP contribution is -2.30. The zero-order valence-electron chi connectivity index (χ0n) is 59.6. The van der Waals surface area contributed by atoms with E-state index in [9.17, 15) is 0 Å². The van der Waals surface area contributed by atoms with Crippen LogP contribution in [0.1, 0.15) is 165 Å². The highest BCUT2D eigenvalue weighted by Crippen LogP contribution is 2.52. The molecule has 0 aliphatic heterocycles. The molecule has 0 saturated heterocycles.